The van der Waals surface area contributed by atoms with Crippen LogP contribution in [0.25, 0.3) is 5.69 Å². The van der Waals surface area contributed by atoms with Crippen LogP contribution in [-0.2, 0) is 4.79 Å². The summed E-state index contributed by atoms with van der Waals surface area (Å²) in [5.41, 5.74) is 0.826. The second kappa shape index (κ2) is 5.79. The normalized spacial score (nSPS) is 12.2. The topological polar surface area (TPSA) is 64.4 Å². The highest BCUT2D eigenvalue weighted by Gasteiger charge is 2.21. The predicted octanol–water partition coefficient (Wildman–Crippen LogP) is 2.98. The maximum absolute atomic E-state index is 10.8. The van der Waals surface area contributed by atoms with E-state index in [2.05, 4.69) is 5.10 Å². The minimum Gasteiger partial charge on any atom is -0.479 e. The van der Waals surface area contributed by atoms with Gasteiger partial charge in [0.15, 0.2) is 6.10 Å². The van der Waals surface area contributed by atoms with Crippen LogP contribution in [-0.4, -0.2) is 27.0 Å². The van der Waals surface area contributed by atoms with Crippen molar-refractivity contribution in [2.75, 3.05) is 0 Å². The smallest absolute Gasteiger partial charge is 0.344 e. The van der Waals surface area contributed by atoms with E-state index >= 15 is 0 Å². The van der Waals surface area contributed by atoms with Crippen LogP contribution in [0.2, 0.25) is 5.02 Å². The Hall–Kier alpha value is -1.28. The molecule has 0 radical (unpaired) electrons. The predicted molar refractivity (Wildman–Crippen MR) is 79.0 cm³/mol. The number of carboxylic acids is 1. The van der Waals surface area contributed by atoms with Gasteiger partial charge < -0.3 is 9.84 Å². The van der Waals surface area contributed by atoms with Gasteiger partial charge in [-0.15, -0.1) is 5.10 Å². The molecule has 1 aromatic carbocycles. The number of carbonyl (C=O) groups is 1. The molecule has 1 atom stereocenters. The Bertz CT molecular complexity index is 601. The third-order valence-electron chi connectivity index (χ3n) is 2.38. The summed E-state index contributed by atoms with van der Waals surface area (Å²) in [5.74, 6) is -0.954. The van der Waals surface area contributed by atoms with E-state index in [0.717, 1.165) is 5.69 Å². The minimum absolute atomic E-state index is 0.116. The molecule has 0 fully saturated rings. The van der Waals surface area contributed by atoms with Gasteiger partial charge in [0, 0.05) is 0 Å². The van der Waals surface area contributed by atoms with Crippen LogP contribution in [0.1, 0.15) is 6.92 Å². The number of benzene rings is 1. The Labute approximate surface area is 128 Å². The molecule has 0 spiro atoms. The molecule has 2 rings (SSSR count). The fraction of sp³-hybridized carbons (Fsp3) is 0.167. The summed E-state index contributed by atoms with van der Waals surface area (Å²) in [6.45, 7) is 1.42. The summed E-state index contributed by atoms with van der Waals surface area (Å²) in [6.07, 6.45) is -1.01. The van der Waals surface area contributed by atoms with E-state index in [9.17, 15) is 4.79 Å². The molecular formula is C12H10ClIN2O3. The molecule has 1 aromatic heterocycles. The number of nitrogens with zero attached hydrogens (tertiary/aromatic N) is 2. The van der Waals surface area contributed by atoms with Crippen molar-refractivity contribution < 1.29 is 14.6 Å². The molecule has 19 heavy (non-hydrogen) atoms. The van der Waals surface area contributed by atoms with Gasteiger partial charge in [-0.1, -0.05) is 29.8 Å². The van der Waals surface area contributed by atoms with Crippen LogP contribution < -0.4 is 4.74 Å². The van der Waals surface area contributed by atoms with Gasteiger partial charge in [-0.25, -0.2) is 9.48 Å². The van der Waals surface area contributed by atoms with E-state index < -0.39 is 12.1 Å². The van der Waals surface area contributed by atoms with Gasteiger partial charge in [-0.2, -0.15) is 0 Å². The van der Waals surface area contributed by atoms with Crippen LogP contribution in [0, 0.1) is 3.70 Å². The molecular weight excluding hydrogens is 383 g/mol. The molecule has 0 aliphatic heterocycles. The lowest BCUT2D eigenvalue weighted by atomic mass is 10.3. The standard InChI is InChI=1S/C12H10ClIN2O3/c1-7(12(17)18)19-11-9(13)10(14)16(15-11)8-5-3-2-4-6-8/h2-7H,1H3,(H,17,18). The largest absolute Gasteiger partial charge is 0.479 e. The van der Waals surface area contributed by atoms with E-state index in [1.54, 1.807) is 4.68 Å². The van der Waals surface area contributed by atoms with Gasteiger partial charge >= 0.3 is 5.97 Å². The zero-order valence-corrected chi connectivity index (χ0v) is 12.8. The number of ether oxygens (including phenoxy) is 1. The summed E-state index contributed by atoms with van der Waals surface area (Å²) in [4.78, 5) is 10.8. The quantitative estimate of drug-likeness (QED) is 0.813. The first-order chi connectivity index (χ1) is 9.00. The lowest BCUT2D eigenvalue weighted by Crippen LogP contribution is -2.23. The van der Waals surface area contributed by atoms with Gasteiger partial charge in [0.2, 0.25) is 0 Å². The molecule has 7 heteroatoms. The molecule has 100 valence electrons. The molecule has 1 heterocycles. The first-order valence-corrected chi connectivity index (χ1v) is 6.85. The van der Waals surface area contributed by atoms with Gasteiger partial charge in [-0.05, 0) is 41.6 Å². The van der Waals surface area contributed by atoms with Crippen molar-refractivity contribution in [3.63, 3.8) is 0 Å². The van der Waals surface area contributed by atoms with Crippen LogP contribution in [0.15, 0.2) is 30.3 Å². The Morgan fingerprint density at radius 1 is 1.47 bits per heavy atom. The van der Waals surface area contributed by atoms with E-state index in [0.29, 0.717) is 8.72 Å². The Kier molecular flexibility index (Phi) is 4.31. The fourth-order valence-corrected chi connectivity index (χ4v) is 2.17. The van der Waals surface area contributed by atoms with E-state index in [1.165, 1.54) is 6.92 Å². The second-order valence-electron chi connectivity index (χ2n) is 3.76. The second-order valence-corrected chi connectivity index (χ2v) is 5.16. The maximum Gasteiger partial charge on any atom is 0.344 e. The van der Waals surface area contributed by atoms with E-state index in [-0.39, 0.29) is 5.88 Å². The first-order valence-electron chi connectivity index (χ1n) is 5.39. The number of para-hydroxylation sites is 1. The lowest BCUT2D eigenvalue weighted by molar-refractivity contribution is -0.144. The third-order valence-corrected chi connectivity index (χ3v) is 4.04. The fourth-order valence-electron chi connectivity index (χ4n) is 1.39. The number of hydrogen-bond donors (Lipinski definition) is 1. The number of rotatable bonds is 4. The number of aromatic nitrogens is 2. The molecule has 0 saturated carbocycles. The summed E-state index contributed by atoms with van der Waals surface area (Å²) >= 11 is 8.14. The van der Waals surface area contributed by atoms with E-state index in [4.69, 9.17) is 21.4 Å². The number of carboxylic acid groups (broad SMARTS) is 1. The lowest BCUT2D eigenvalue weighted by Gasteiger charge is -2.07. The highest BCUT2D eigenvalue weighted by atomic mass is 127. The van der Waals surface area contributed by atoms with Gasteiger partial charge in [0.05, 0.1) is 5.69 Å². The number of aliphatic carboxylic acids is 1. The summed E-state index contributed by atoms with van der Waals surface area (Å²) in [7, 11) is 0. The zero-order valence-electron chi connectivity index (χ0n) is 9.88. The Morgan fingerprint density at radius 2 is 2.11 bits per heavy atom. The highest BCUT2D eigenvalue weighted by Crippen LogP contribution is 2.31. The molecule has 1 unspecified atom stereocenters. The average Bonchev–Trinajstić information content (AvgIpc) is 2.68. The minimum atomic E-state index is -1.07. The number of hydrogen-bond acceptors (Lipinski definition) is 3. The van der Waals surface area contributed by atoms with Crippen LogP contribution in [0.4, 0.5) is 0 Å². The monoisotopic (exact) mass is 392 g/mol. The summed E-state index contributed by atoms with van der Waals surface area (Å²) < 4.78 is 7.49. The van der Waals surface area contributed by atoms with Crippen molar-refractivity contribution in [3.05, 3.63) is 39.1 Å². The molecule has 0 saturated heterocycles. The highest BCUT2D eigenvalue weighted by molar-refractivity contribution is 14.1. The molecule has 5 nitrogen and oxygen atoms in total. The van der Waals surface area contributed by atoms with Crippen molar-refractivity contribution in [2.45, 2.75) is 13.0 Å². The maximum atomic E-state index is 10.8. The van der Waals surface area contributed by atoms with Crippen molar-refractivity contribution in [1.29, 1.82) is 0 Å². The van der Waals surface area contributed by atoms with E-state index in [1.807, 2.05) is 52.9 Å². The molecule has 1 N–H and O–H groups in total. The van der Waals surface area contributed by atoms with Gasteiger partial charge in [0.1, 0.15) is 8.72 Å². The molecule has 0 aliphatic rings. The summed E-state index contributed by atoms with van der Waals surface area (Å²) in [6, 6.07) is 9.39. The van der Waals surface area contributed by atoms with Crippen LogP contribution in [0.3, 0.4) is 0 Å². The average molecular weight is 393 g/mol. The van der Waals surface area contributed by atoms with Crippen LogP contribution in [0.5, 0.6) is 5.88 Å². The van der Waals surface area contributed by atoms with Gasteiger partial charge in [0.25, 0.3) is 5.88 Å². The van der Waals surface area contributed by atoms with Crippen molar-refractivity contribution >= 4 is 40.2 Å². The zero-order chi connectivity index (χ0) is 14.0. The molecule has 0 amide bonds. The summed E-state index contributed by atoms with van der Waals surface area (Å²) in [5, 5.41) is 13.3. The first kappa shape index (κ1) is 14.1. The van der Waals surface area contributed by atoms with Crippen molar-refractivity contribution in [2.24, 2.45) is 0 Å². The third kappa shape index (κ3) is 3.01. The molecule has 0 aliphatic carbocycles. The van der Waals surface area contributed by atoms with Crippen LogP contribution >= 0.6 is 34.2 Å². The Morgan fingerprint density at radius 3 is 2.68 bits per heavy atom. The SMILES string of the molecule is CC(Oc1nn(-c2ccccc2)c(I)c1Cl)C(=O)O. The van der Waals surface area contributed by atoms with Gasteiger partial charge in [-0.3, -0.25) is 0 Å². The molecule has 2 aromatic rings. The number of halogens is 2. The van der Waals surface area contributed by atoms with Crippen molar-refractivity contribution in [1.82, 2.24) is 9.78 Å². The molecule has 0 bridgehead atoms. The van der Waals surface area contributed by atoms with Crippen molar-refractivity contribution in [3.8, 4) is 11.6 Å². The Balaban J connectivity index is 2.36.